The molecule has 0 aliphatic rings. The van der Waals surface area contributed by atoms with Crippen molar-refractivity contribution in [3.05, 3.63) is 109 Å². The summed E-state index contributed by atoms with van der Waals surface area (Å²) in [5.74, 6) is 0. The van der Waals surface area contributed by atoms with E-state index in [1.54, 1.807) is 0 Å². The van der Waals surface area contributed by atoms with Crippen LogP contribution < -0.4 is 28.5 Å². The van der Waals surface area contributed by atoms with Gasteiger partial charge in [-0.25, -0.2) is 9.55 Å². The fraction of sp³-hybridized carbons (Fsp3) is 0.0370. The number of allylic oxidation sites excluding steroid dienone is 1. The van der Waals surface area contributed by atoms with Crippen molar-refractivity contribution in [2.24, 2.45) is 0 Å². The highest BCUT2D eigenvalue weighted by atomic mass is 127. The molecule has 0 N–H and O–H groups in total. The lowest BCUT2D eigenvalue weighted by atomic mass is 9.95. The smallest absolute Gasteiger partial charge is 0.178 e. The quantitative estimate of drug-likeness (QED) is 0.148. The van der Waals surface area contributed by atoms with E-state index in [4.69, 9.17) is 16.6 Å². The topological polar surface area (TPSA) is 16.8 Å². The normalized spacial score (nSPS) is 10.7. The highest BCUT2D eigenvalue weighted by molar-refractivity contribution is 6.30. The predicted octanol–water partition coefficient (Wildman–Crippen LogP) is 3.85. The molecule has 152 valence electrons. The van der Waals surface area contributed by atoms with Crippen LogP contribution in [-0.4, -0.2) is 4.98 Å². The molecule has 0 amide bonds. The van der Waals surface area contributed by atoms with Crippen molar-refractivity contribution < 1.29 is 28.5 Å². The van der Waals surface area contributed by atoms with Crippen molar-refractivity contribution in [2.75, 3.05) is 0 Å². The van der Waals surface area contributed by atoms with Crippen molar-refractivity contribution in [3.63, 3.8) is 0 Å². The van der Waals surface area contributed by atoms with E-state index >= 15 is 0 Å². The second-order valence-electron chi connectivity index (χ2n) is 7.32. The second kappa shape index (κ2) is 9.16. The Balaban J connectivity index is 0.00000231. The van der Waals surface area contributed by atoms with Crippen molar-refractivity contribution in [2.45, 2.75) is 6.54 Å². The summed E-state index contributed by atoms with van der Waals surface area (Å²) in [6.07, 6.45) is 6.05. The predicted molar refractivity (Wildman–Crippen MR) is 126 cm³/mol. The number of rotatable bonds is 4. The summed E-state index contributed by atoms with van der Waals surface area (Å²) >= 11 is 6.16. The summed E-state index contributed by atoms with van der Waals surface area (Å²) in [4.78, 5) is 5.04. The van der Waals surface area contributed by atoms with Crippen molar-refractivity contribution in [1.29, 1.82) is 0 Å². The van der Waals surface area contributed by atoms with E-state index in [9.17, 15) is 0 Å². The van der Waals surface area contributed by atoms with Gasteiger partial charge in [-0.2, -0.15) is 0 Å². The van der Waals surface area contributed by atoms with Gasteiger partial charge in [0.1, 0.15) is 0 Å². The molecule has 5 rings (SSSR count). The van der Waals surface area contributed by atoms with E-state index < -0.39 is 0 Å². The van der Waals surface area contributed by atoms with Crippen LogP contribution in [0.2, 0.25) is 5.02 Å². The molecule has 4 heteroatoms. The minimum Gasteiger partial charge on any atom is -1.00 e. The lowest BCUT2D eigenvalue weighted by Gasteiger charge is -2.13. The van der Waals surface area contributed by atoms with Gasteiger partial charge in [0, 0.05) is 16.5 Å². The summed E-state index contributed by atoms with van der Waals surface area (Å²) < 4.78 is 2.11. The zero-order valence-electron chi connectivity index (χ0n) is 16.8. The monoisotopic (exact) mass is 534 g/mol. The molecule has 0 bridgehead atoms. The highest BCUT2D eigenvalue weighted by Gasteiger charge is 2.14. The molecule has 0 atom stereocenters. The van der Waals surface area contributed by atoms with Gasteiger partial charge in [0.2, 0.25) is 0 Å². The first-order chi connectivity index (χ1) is 14.7. The first-order valence-electron chi connectivity index (χ1n) is 9.92. The van der Waals surface area contributed by atoms with Gasteiger partial charge in [-0.1, -0.05) is 60.6 Å². The summed E-state index contributed by atoms with van der Waals surface area (Å²) in [6.45, 7) is 4.60. The first-order valence-corrected chi connectivity index (χ1v) is 10.3. The maximum absolute atomic E-state index is 6.16. The average molecular weight is 535 g/mol. The molecule has 3 aromatic carbocycles. The molecule has 2 aromatic heterocycles. The number of benzene rings is 3. The van der Waals surface area contributed by atoms with E-state index in [1.165, 1.54) is 10.8 Å². The highest BCUT2D eigenvalue weighted by Crippen LogP contribution is 2.36. The molecule has 5 aromatic rings. The standard InChI is InChI=1S/C27H20ClN2.HI/c1-2-15-30-16-5-7-21(18-30)26-17-24(20-9-12-22(28)13-10-20)27-23-8-4-3-6-19(23)11-14-25(27)29-26;/h2-14,16-18H,1,15H2;1H/q+1;/p-1. The number of halogens is 2. The van der Waals surface area contributed by atoms with Crippen LogP contribution in [0.25, 0.3) is 44.1 Å². The van der Waals surface area contributed by atoms with Crippen LogP contribution in [0.3, 0.4) is 0 Å². The lowest BCUT2D eigenvalue weighted by molar-refractivity contribution is -0.686. The first kappa shape index (κ1) is 21.5. The average Bonchev–Trinajstić information content (AvgIpc) is 2.79. The Hall–Kier alpha value is -2.76. The van der Waals surface area contributed by atoms with Gasteiger partial charge in [-0.05, 0) is 58.3 Å². The van der Waals surface area contributed by atoms with Crippen LogP contribution >= 0.6 is 11.6 Å². The van der Waals surface area contributed by atoms with Crippen molar-refractivity contribution in [1.82, 2.24) is 4.98 Å². The second-order valence-corrected chi connectivity index (χ2v) is 7.76. The van der Waals surface area contributed by atoms with Crippen LogP contribution in [-0.2, 0) is 6.54 Å². The van der Waals surface area contributed by atoms with Crippen LogP contribution in [0.4, 0.5) is 0 Å². The third kappa shape index (κ3) is 4.21. The van der Waals surface area contributed by atoms with E-state index in [1.807, 2.05) is 30.5 Å². The molecular formula is C27H20ClIN2. The largest absolute Gasteiger partial charge is 1.00 e. The summed E-state index contributed by atoms with van der Waals surface area (Å²) in [6, 6.07) is 27.1. The number of fused-ring (bicyclic) bond motifs is 3. The minimum atomic E-state index is 0. The molecule has 0 spiro atoms. The SMILES string of the molecule is C=CC[n+]1cccc(-c2cc(-c3ccc(Cl)cc3)c3c(ccc4ccccc43)n2)c1.[I-]. The minimum absolute atomic E-state index is 0. The fourth-order valence-electron chi connectivity index (χ4n) is 3.95. The van der Waals surface area contributed by atoms with E-state index in [0.29, 0.717) is 0 Å². The Labute approximate surface area is 203 Å². The van der Waals surface area contributed by atoms with Gasteiger partial charge >= 0.3 is 0 Å². The molecule has 0 saturated carbocycles. The van der Waals surface area contributed by atoms with E-state index in [0.717, 1.165) is 44.9 Å². The lowest BCUT2D eigenvalue weighted by Crippen LogP contribution is -3.00. The molecule has 0 unspecified atom stereocenters. The summed E-state index contributed by atoms with van der Waals surface area (Å²) in [5, 5.41) is 4.30. The Morgan fingerprint density at radius 3 is 2.52 bits per heavy atom. The summed E-state index contributed by atoms with van der Waals surface area (Å²) in [7, 11) is 0. The Bertz CT molecular complexity index is 1390. The molecular weight excluding hydrogens is 515 g/mol. The van der Waals surface area contributed by atoms with E-state index in [2.05, 4.69) is 78.0 Å². The number of hydrogen-bond donors (Lipinski definition) is 0. The molecule has 0 fully saturated rings. The Morgan fingerprint density at radius 1 is 0.903 bits per heavy atom. The number of nitrogens with zero attached hydrogens (tertiary/aromatic N) is 2. The van der Waals surface area contributed by atoms with Gasteiger partial charge in [-0.3, -0.25) is 0 Å². The van der Waals surface area contributed by atoms with E-state index in [-0.39, 0.29) is 24.0 Å². The molecule has 0 aliphatic carbocycles. The van der Waals surface area contributed by atoms with Crippen molar-refractivity contribution in [3.8, 4) is 22.4 Å². The van der Waals surface area contributed by atoms with Crippen LogP contribution in [0.15, 0.2) is 104 Å². The van der Waals surface area contributed by atoms with Gasteiger partial charge in [0.05, 0.1) is 16.8 Å². The Kier molecular flexibility index (Phi) is 6.35. The maximum Gasteiger partial charge on any atom is 0.178 e. The van der Waals surface area contributed by atoms with Crippen LogP contribution in [0, 0.1) is 0 Å². The Morgan fingerprint density at radius 2 is 1.71 bits per heavy atom. The van der Waals surface area contributed by atoms with Crippen LogP contribution in [0.1, 0.15) is 0 Å². The van der Waals surface area contributed by atoms with Crippen LogP contribution in [0.5, 0.6) is 0 Å². The fourth-order valence-corrected chi connectivity index (χ4v) is 4.07. The van der Waals surface area contributed by atoms with Gasteiger partial charge in [0.25, 0.3) is 0 Å². The third-order valence-electron chi connectivity index (χ3n) is 5.35. The van der Waals surface area contributed by atoms with Gasteiger partial charge in [-0.15, -0.1) is 0 Å². The number of hydrogen-bond acceptors (Lipinski definition) is 1. The maximum atomic E-state index is 6.16. The zero-order valence-corrected chi connectivity index (χ0v) is 19.7. The number of pyridine rings is 2. The molecule has 0 aliphatic heterocycles. The molecule has 2 nitrogen and oxygen atoms in total. The molecule has 31 heavy (non-hydrogen) atoms. The molecule has 0 radical (unpaired) electrons. The molecule has 0 saturated heterocycles. The van der Waals surface area contributed by atoms with Gasteiger partial charge in [0.15, 0.2) is 18.9 Å². The van der Waals surface area contributed by atoms with Gasteiger partial charge < -0.3 is 24.0 Å². The third-order valence-corrected chi connectivity index (χ3v) is 5.60. The number of aromatic nitrogens is 2. The zero-order chi connectivity index (χ0) is 20.5. The summed E-state index contributed by atoms with van der Waals surface area (Å²) in [5.41, 5.74) is 5.28. The molecule has 2 heterocycles. The van der Waals surface area contributed by atoms with Crippen molar-refractivity contribution >= 4 is 33.3 Å².